The van der Waals surface area contributed by atoms with Crippen LogP contribution in [0, 0.1) is 11.3 Å². The third-order valence-electron chi connectivity index (χ3n) is 4.05. The standard InChI is InChI=1S/C14H24N2O3/c1-9-10(5-6-19-9)7-16-8-11(17)15-12(13(16)18)14(2,3)4/h9-10,12H,5-8H2,1-4H3,(H,15,17). The van der Waals surface area contributed by atoms with E-state index in [-0.39, 0.29) is 29.9 Å². The van der Waals surface area contributed by atoms with Gasteiger partial charge in [0, 0.05) is 19.1 Å². The summed E-state index contributed by atoms with van der Waals surface area (Å²) in [5.41, 5.74) is -0.261. The molecule has 0 aliphatic carbocycles. The summed E-state index contributed by atoms with van der Waals surface area (Å²) in [5, 5.41) is 2.81. The number of rotatable bonds is 2. The van der Waals surface area contributed by atoms with Crippen molar-refractivity contribution in [2.45, 2.75) is 46.3 Å². The highest BCUT2D eigenvalue weighted by atomic mass is 16.5. The van der Waals surface area contributed by atoms with Crippen molar-refractivity contribution in [3.8, 4) is 0 Å². The van der Waals surface area contributed by atoms with Crippen molar-refractivity contribution in [3.05, 3.63) is 0 Å². The van der Waals surface area contributed by atoms with Gasteiger partial charge in [-0.1, -0.05) is 20.8 Å². The molecule has 2 fully saturated rings. The summed E-state index contributed by atoms with van der Waals surface area (Å²) in [5.74, 6) is 0.313. The number of ether oxygens (including phenoxy) is 1. The summed E-state index contributed by atoms with van der Waals surface area (Å²) in [6.45, 7) is 9.51. The van der Waals surface area contributed by atoms with Crippen LogP contribution in [-0.2, 0) is 14.3 Å². The number of nitrogens with one attached hydrogen (secondary N) is 1. The normalized spacial score (nSPS) is 32.6. The van der Waals surface area contributed by atoms with E-state index in [9.17, 15) is 9.59 Å². The lowest BCUT2D eigenvalue weighted by Crippen LogP contribution is -2.62. The molecule has 2 heterocycles. The Labute approximate surface area is 114 Å². The molecular formula is C14H24N2O3. The van der Waals surface area contributed by atoms with Crippen LogP contribution in [0.5, 0.6) is 0 Å². The number of carbonyl (C=O) groups is 2. The minimum absolute atomic E-state index is 0.0335. The molecule has 0 radical (unpaired) electrons. The molecule has 108 valence electrons. The fourth-order valence-corrected chi connectivity index (χ4v) is 2.74. The van der Waals surface area contributed by atoms with Gasteiger partial charge >= 0.3 is 0 Å². The van der Waals surface area contributed by atoms with E-state index in [1.54, 1.807) is 4.90 Å². The van der Waals surface area contributed by atoms with E-state index in [4.69, 9.17) is 4.74 Å². The summed E-state index contributed by atoms with van der Waals surface area (Å²) in [6, 6.07) is -0.425. The van der Waals surface area contributed by atoms with Gasteiger partial charge in [-0.25, -0.2) is 0 Å². The first kappa shape index (κ1) is 14.3. The monoisotopic (exact) mass is 268 g/mol. The number of amides is 2. The molecule has 0 aromatic carbocycles. The van der Waals surface area contributed by atoms with Crippen LogP contribution in [0.25, 0.3) is 0 Å². The van der Waals surface area contributed by atoms with Gasteiger partial charge in [0.15, 0.2) is 0 Å². The van der Waals surface area contributed by atoms with Crippen LogP contribution >= 0.6 is 0 Å². The smallest absolute Gasteiger partial charge is 0.246 e. The van der Waals surface area contributed by atoms with Crippen molar-refractivity contribution in [1.82, 2.24) is 10.2 Å². The number of carbonyl (C=O) groups excluding carboxylic acids is 2. The van der Waals surface area contributed by atoms with Gasteiger partial charge in [-0.15, -0.1) is 0 Å². The molecule has 1 N–H and O–H groups in total. The average Bonchev–Trinajstić information content (AvgIpc) is 2.68. The lowest BCUT2D eigenvalue weighted by atomic mass is 9.84. The Morgan fingerprint density at radius 1 is 1.37 bits per heavy atom. The van der Waals surface area contributed by atoms with Gasteiger partial charge < -0.3 is 15.0 Å². The molecular weight excluding hydrogens is 244 g/mol. The predicted molar refractivity (Wildman–Crippen MR) is 71.5 cm³/mol. The van der Waals surface area contributed by atoms with E-state index >= 15 is 0 Å². The fraction of sp³-hybridized carbons (Fsp3) is 0.857. The molecule has 19 heavy (non-hydrogen) atoms. The highest BCUT2D eigenvalue weighted by Crippen LogP contribution is 2.26. The summed E-state index contributed by atoms with van der Waals surface area (Å²) >= 11 is 0. The first-order valence-electron chi connectivity index (χ1n) is 6.99. The van der Waals surface area contributed by atoms with E-state index in [0.717, 1.165) is 13.0 Å². The number of hydrogen-bond donors (Lipinski definition) is 1. The third kappa shape index (κ3) is 3.08. The molecule has 5 heteroatoms. The number of piperazine rings is 1. The van der Waals surface area contributed by atoms with Crippen molar-refractivity contribution < 1.29 is 14.3 Å². The first-order chi connectivity index (χ1) is 8.79. The SMILES string of the molecule is CC1OCCC1CN1CC(=O)NC(C(C)(C)C)C1=O. The molecule has 2 aliphatic heterocycles. The lowest BCUT2D eigenvalue weighted by Gasteiger charge is -2.40. The van der Waals surface area contributed by atoms with Gasteiger partial charge in [0.2, 0.25) is 11.8 Å². The largest absolute Gasteiger partial charge is 0.378 e. The molecule has 2 amide bonds. The topological polar surface area (TPSA) is 58.6 Å². The Morgan fingerprint density at radius 2 is 2.05 bits per heavy atom. The van der Waals surface area contributed by atoms with Crippen molar-refractivity contribution in [3.63, 3.8) is 0 Å². The van der Waals surface area contributed by atoms with Gasteiger partial charge in [0.1, 0.15) is 6.04 Å². The maximum absolute atomic E-state index is 12.5. The third-order valence-corrected chi connectivity index (χ3v) is 4.05. The fourth-order valence-electron chi connectivity index (χ4n) is 2.74. The minimum atomic E-state index is -0.425. The quantitative estimate of drug-likeness (QED) is 0.805. The molecule has 2 rings (SSSR count). The minimum Gasteiger partial charge on any atom is -0.378 e. The van der Waals surface area contributed by atoms with Crippen molar-refractivity contribution >= 4 is 11.8 Å². The maximum atomic E-state index is 12.5. The Kier molecular flexibility index (Phi) is 3.85. The molecule has 2 saturated heterocycles. The van der Waals surface area contributed by atoms with Crippen LogP contribution in [0.3, 0.4) is 0 Å². The average molecular weight is 268 g/mol. The van der Waals surface area contributed by atoms with E-state index in [0.29, 0.717) is 12.5 Å². The van der Waals surface area contributed by atoms with Gasteiger partial charge in [-0.05, 0) is 18.8 Å². The molecule has 5 nitrogen and oxygen atoms in total. The summed E-state index contributed by atoms with van der Waals surface area (Å²) in [4.78, 5) is 26.0. The molecule has 0 aromatic heterocycles. The van der Waals surface area contributed by atoms with E-state index in [2.05, 4.69) is 5.32 Å². The molecule has 2 aliphatic rings. The summed E-state index contributed by atoms with van der Waals surface area (Å²) in [6.07, 6.45) is 1.14. The van der Waals surface area contributed by atoms with Gasteiger partial charge in [0.05, 0.1) is 12.6 Å². The van der Waals surface area contributed by atoms with Crippen LogP contribution in [0.1, 0.15) is 34.1 Å². The van der Waals surface area contributed by atoms with Crippen molar-refractivity contribution in [2.24, 2.45) is 11.3 Å². The number of nitrogens with zero attached hydrogens (tertiary/aromatic N) is 1. The molecule has 0 spiro atoms. The lowest BCUT2D eigenvalue weighted by molar-refractivity contribution is -0.148. The van der Waals surface area contributed by atoms with Crippen LogP contribution in [0.15, 0.2) is 0 Å². The van der Waals surface area contributed by atoms with Gasteiger partial charge in [-0.3, -0.25) is 9.59 Å². The predicted octanol–water partition coefficient (Wildman–Crippen LogP) is 0.784. The Morgan fingerprint density at radius 3 is 2.58 bits per heavy atom. The van der Waals surface area contributed by atoms with E-state index in [1.807, 2.05) is 27.7 Å². The zero-order chi connectivity index (χ0) is 14.2. The maximum Gasteiger partial charge on any atom is 0.246 e. The molecule has 0 aromatic rings. The van der Waals surface area contributed by atoms with Crippen LogP contribution in [0.4, 0.5) is 0 Å². The highest BCUT2D eigenvalue weighted by Gasteiger charge is 2.41. The Balaban J connectivity index is 2.07. The second-order valence-corrected chi connectivity index (χ2v) is 6.71. The zero-order valence-electron chi connectivity index (χ0n) is 12.2. The summed E-state index contributed by atoms with van der Waals surface area (Å²) < 4.78 is 5.52. The van der Waals surface area contributed by atoms with E-state index < -0.39 is 6.04 Å². The molecule has 3 unspecified atom stereocenters. The van der Waals surface area contributed by atoms with Crippen LogP contribution in [-0.4, -0.2) is 48.6 Å². The van der Waals surface area contributed by atoms with Gasteiger partial charge in [0.25, 0.3) is 0 Å². The molecule has 0 bridgehead atoms. The van der Waals surface area contributed by atoms with Crippen molar-refractivity contribution in [1.29, 1.82) is 0 Å². The Bertz CT molecular complexity index is 375. The van der Waals surface area contributed by atoms with Crippen LogP contribution < -0.4 is 5.32 Å². The van der Waals surface area contributed by atoms with Crippen molar-refractivity contribution in [2.75, 3.05) is 19.7 Å². The van der Waals surface area contributed by atoms with Crippen LogP contribution in [0.2, 0.25) is 0 Å². The summed E-state index contributed by atoms with van der Waals surface area (Å²) in [7, 11) is 0. The zero-order valence-corrected chi connectivity index (χ0v) is 12.2. The highest BCUT2D eigenvalue weighted by molar-refractivity contribution is 5.95. The Hall–Kier alpha value is -1.10. The first-order valence-corrected chi connectivity index (χ1v) is 6.99. The second kappa shape index (κ2) is 5.12. The molecule has 3 atom stereocenters. The molecule has 0 saturated carbocycles. The van der Waals surface area contributed by atoms with Gasteiger partial charge in [-0.2, -0.15) is 0 Å². The second-order valence-electron chi connectivity index (χ2n) is 6.71. The number of hydrogen-bond acceptors (Lipinski definition) is 3. The van der Waals surface area contributed by atoms with E-state index in [1.165, 1.54) is 0 Å².